The van der Waals surface area contributed by atoms with Gasteiger partial charge in [0.25, 0.3) is 0 Å². The molecular formula is C13H11F3N2. The maximum atomic E-state index is 13.3. The molecule has 0 fully saturated rings. The van der Waals surface area contributed by atoms with Crippen molar-refractivity contribution >= 4 is 17.1 Å². The maximum absolute atomic E-state index is 13.3. The zero-order chi connectivity index (χ0) is 13.3. The minimum atomic E-state index is -0.949. The van der Waals surface area contributed by atoms with Crippen LogP contribution in [0.2, 0.25) is 0 Å². The van der Waals surface area contributed by atoms with Crippen molar-refractivity contribution in [3.63, 3.8) is 0 Å². The minimum Gasteiger partial charge on any atom is -0.396 e. The Balaban J connectivity index is 2.37. The van der Waals surface area contributed by atoms with Gasteiger partial charge in [0.15, 0.2) is 11.6 Å². The lowest BCUT2D eigenvalue weighted by atomic mass is 10.2. The van der Waals surface area contributed by atoms with Crippen molar-refractivity contribution in [2.45, 2.75) is 0 Å². The summed E-state index contributed by atoms with van der Waals surface area (Å²) in [6.07, 6.45) is 0. The highest BCUT2D eigenvalue weighted by molar-refractivity contribution is 5.64. The molecule has 18 heavy (non-hydrogen) atoms. The molecule has 0 saturated heterocycles. The van der Waals surface area contributed by atoms with Crippen molar-refractivity contribution in [2.75, 3.05) is 17.7 Å². The molecule has 5 heteroatoms. The maximum Gasteiger partial charge on any atom is 0.160 e. The number of nitrogens with zero attached hydrogens (tertiary/aromatic N) is 1. The number of nitrogen functional groups attached to an aromatic ring is 1. The van der Waals surface area contributed by atoms with Gasteiger partial charge in [-0.05, 0) is 30.3 Å². The van der Waals surface area contributed by atoms with E-state index in [1.54, 1.807) is 13.1 Å². The summed E-state index contributed by atoms with van der Waals surface area (Å²) in [6.45, 7) is 0. The first-order chi connectivity index (χ1) is 8.49. The second-order valence-corrected chi connectivity index (χ2v) is 3.86. The van der Waals surface area contributed by atoms with Crippen LogP contribution in [-0.2, 0) is 0 Å². The van der Waals surface area contributed by atoms with Crippen LogP contribution < -0.4 is 10.6 Å². The van der Waals surface area contributed by atoms with Gasteiger partial charge in [-0.2, -0.15) is 0 Å². The van der Waals surface area contributed by atoms with Crippen LogP contribution in [-0.4, -0.2) is 7.05 Å². The van der Waals surface area contributed by atoms with Gasteiger partial charge in [0.05, 0.1) is 5.69 Å². The van der Waals surface area contributed by atoms with Gasteiger partial charge in [-0.3, -0.25) is 0 Å². The molecular weight excluding hydrogens is 241 g/mol. The van der Waals surface area contributed by atoms with Gasteiger partial charge < -0.3 is 10.6 Å². The van der Waals surface area contributed by atoms with E-state index in [0.29, 0.717) is 11.4 Å². The Bertz CT molecular complexity index is 533. The molecule has 0 unspecified atom stereocenters. The molecule has 2 aromatic carbocycles. The molecule has 0 bridgehead atoms. The smallest absolute Gasteiger partial charge is 0.160 e. The molecule has 0 spiro atoms. The molecule has 2 nitrogen and oxygen atoms in total. The third-order valence-electron chi connectivity index (χ3n) is 2.66. The average molecular weight is 252 g/mol. The number of halogens is 3. The van der Waals surface area contributed by atoms with E-state index < -0.39 is 17.5 Å². The Morgan fingerprint density at radius 1 is 0.833 bits per heavy atom. The molecule has 0 saturated carbocycles. The van der Waals surface area contributed by atoms with Crippen LogP contribution in [0.3, 0.4) is 0 Å². The Labute approximate surface area is 102 Å². The lowest BCUT2D eigenvalue weighted by molar-refractivity contribution is 0.509. The summed E-state index contributed by atoms with van der Waals surface area (Å²) in [5.41, 5.74) is 6.32. The zero-order valence-electron chi connectivity index (χ0n) is 9.62. The van der Waals surface area contributed by atoms with Gasteiger partial charge in [0.1, 0.15) is 5.82 Å². The highest BCUT2D eigenvalue weighted by Crippen LogP contribution is 2.27. The zero-order valence-corrected chi connectivity index (χ0v) is 9.62. The molecule has 0 atom stereocenters. The van der Waals surface area contributed by atoms with Gasteiger partial charge in [0.2, 0.25) is 0 Å². The lowest BCUT2D eigenvalue weighted by Crippen LogP contribution is -2.10. The molecule has 0 amide bonds. The number of hydrogen-bond acceptors (Lipinski definition) is 2. The highest BCUT2D eigenvalue weighted by Gasteiger charge is 2.09. The van der Waals surface area contributed by atoms with E-state index in [4.69, 9.17) is 5.73 Å². The van der Waals surface area contributed by atoms with Gasteiger partial charge in [-0.1, -0.05) is 0 Å². The van der Waals surface area contributed by atoms with Crippen molar-refractivity contribution in [2.24, 2.45) is 0 Å². The lowest BCUT2D eigenvalue weighted by Gasteiger charge is -2.20. The van der Waals surface area contributed by atoms with E-state index in [2.05, 4.69) is 0 Å². The fourth-order valence-corrected chi connectivity index (χ4v) is 1.57. The van der Waals surface area contributed by atoms with Gasteiger partial charge >= 0.3 is 0 Å². The predicted octanol–water partition coefficient (Wildman–Crippen LogP) is 3.45. The molecule has 0 aromatic heterocycles. The first-order valence-electron chi connectivity index (χ1n) is 5.23. The quantitative estimate of drug-likeness (QED) is 0.829. The third-order valence-corrected chi connectivity index (χ3v) is 2.66. The van der Waals surface area contributed by atoms with Crippen LogP contribution in [0, 0.1) is 17.5 Å². The first-order valence-corrected chi connectivity index (χ1v) is 5.23. The molecule has 0 aliphatic heterocycles. The van der Waals surface area contributed by atoms with E-state index in [1.165, 1.54) is 23.1 Å². The summed E-state index contributed by atoms with van der Waals surface area (Å²) in [4.78, 5) is 1.53. The minimum absolute atomic E-state index is 0.0393. The van der Waals surface area contributed by atoms with Gasteiger partial charge in [-0.15, -0.1) is 0 Å². The number of nitrogens with two attached hydrogens (primary N) is 1. The Kier molecular flexibility index (Phi) is 3.14. The summed E-state index contributed by atoms with van der Waals surface area (Å²) in [5.74, 6) is -2.42. The van der Waals surface area contributed by atoms with Crippen molar-refractivity contribution in [1.82, 2.24) is 0 Å². The number of hydrogen-bond donors (Lipinski definition) is 1. The van der Waals surface area contributed by atoms with Crippen molar-refractivity contribution in [3.8, 4) is 0 Å². The summed E-state index contributed by atoms with van der Waals surface area (Å²) < 4.78 is 39.2. The standard InChI is InChI=1S/C13H11F3N2/c1-18(8-2-4-10(14)11(15)6-8)9-3-5-13(17)12(16)7-9/h2-7H,17H2,1H3. The van der Waals surface area contributed by atoms with Crippen molar-refractivity contribution in [1.29, 1.82) is 0 Å². The van der Waals surface area contributed by atoms with Crippen molar-refractivity contribution < 1.29 is 13.2 Å². The van der Waals surface area contributed by atoms with Crippen LogP contribution >= 0.6 is 0 Å². The summed E-state index contributed by atoms with van der Waals surface area (Å²) >= 11 is 0. The van der Waals surface area contributed by atoms with E-state index in [9.17, 15) is 13.2 Å². The van der Waals surface area contributed by atoms with Crippen LogP contribution in [0.25, 0.3) is 0 Å². The Morgan fingerprint density at radius 2 is 1.39 bits per heavy atom. The highest BCUT2D eigenvalue weighted by atomic mass is 19.2. The molecule has 0 aliphatic rings. The fraction of sp³-hybridized carbons (Fsp3) is 0.0769. The molecule has 2 aromatic rings. The van der Waals surface area contributed by atoms with Crippen LogP contribution in [0.15, 0.2) is 36.4 Å². The summed E-state index contributed by atoms with van der Waals surface area (Å²) in [7, 11) is 1.62. The summed E-state index contributed by atoms with van der Waals surface area (Å²) in [5, 5.41) is 0. The van der Waals surface area contributed by atoms with Crippen LogP contribution in [0.5, 0.6) is 0 Å². The van der Waals surface area contributed by atoms with E-state index in [0.717, 1.165) is 12.1 Å². The van der Waals surface area contributed by atoms with E-state index in [1.807, 2.05) is 0 Å². The van der Waals surface area contributed by atoms with Crippen LogP contribution in [0.1, 0.15) is 0 Å². The first kappa shape index (κ1) is 12.3. The van der Waals surface area contributed by atoms with Crippen molar-refractivity contribution in [3.05, 3.63) is 53.8 Å². The second kappa shape index (κ2) is 4.60. The normalized spacial score (nSPS) is 10.4. The van der Waals surface area contributed by atoms with Gasteiger partial charge in [0, 0.05) is 24.5 Å². The monoisotopic (exact) mass is 252 g/mol. The Morgan fingerprint density at radius 3 is 1.94 bits per heavy atom. The predicted molar refractivity (Wildman–Crippen MR) is 65.2 cm³/mol. The van der Waals surface area contributed by atoms with Crippen LogP contribution in [0.4, 0.5) is 30.2 Å². The van der Waals surface area contributed by atoms with Gasteiger partial charge in [-0.25, -0.2) is 13.2 Å². The van der Waals surface area contributed by atoms with E-state index in [-0.39, 0.29) is 5.69 Å². The largest absolute Gasteiger partial charge is 0.396 e. The topological polar surface area (TPSA) is 29.3 Å². The second-order valence-electron chi connectivity index (χ2n) is 3.86. The van der Waals surface area contributed by atoms with E-state index >= 15 is 0 Å². The SMILES string of the molecule is CN(c1ccc(N)c(F)c1)c1ccc(F)c(F)c1. The molecule has 0 aliphatic carbocycles. The third kappa shape index (κ3) is 2.25. The number of rotatable bonds is 2. The average Bonchev–Trinajstić information content (AvgIpc) is 2.35. The number of benzene rings is 2. The fourth-order valence-electron chi connectivity index (χ4n) is 1.57. The summed E-state index contributed by atoms with van der Waals surface area (Å²) in [6, 6.07) is 7.72. The molecule has 2 N–H and O–H groups in total. The molecule has 94 valence electrons. The Hall–Kier alpha value is -2.17. The molecule has 0 heterocycles. The number of anilines is 3. The molecule has 2 rings (SSSR count). The molecule has 0 radical (unpaired) electrons.